The summed E-state index contributed by atoms with van der Waals surface area (Å²) in [7, 11) is 0. The smallest absolute Gasteiger partial charge is 0.335 e. The van der Waals surface area contributed by atoms with Crippen molar-refractivity contribution in [3.63, 3.8) is 0 Å². The number of aromatic hydroxyl groups is 1. The first-order chi connectivity index (χ1) is 21.1. The Balaban J connectivity index is 2.11. The molecule has 0 heterocycles. The average Bonchev–Trinajstić information content (AvgIpc) is 2.95. The number of carbonyl (C=O) groups is 6. The van der Waals surface area contributed by atoms with Crippen molar-refractivity contribution >= 4 is 47.0 Å². The molecule has 0 aliphatic heterocycles. The molecule has 244 valence electrons. The van der Waals surface area contributed by atoms with Gasteiger partial charge in [0.2, 0.25) is 23.6 Å². The van der Waals surface area contributed by atoms with Gasteiger partial charge < -0.3 is 36.2 Å². The summed E-state index contributed by atoms with van der Waals surface area (Å²) in [5.41, 5.74) is 1.12. The second-order valence-electron chi connectivity index (χ2n) is 10.8. The van der Waals surface area contributed by atoms with Crippen LogP contribution in [-0.4, -0.2) is 75.9 Å². The number of amides is 4. The predicted molar refractivity (Wildman–Crippen MR) is 164 cm³/mol. The summed E-state index contributed by atoms with van der Waals surface area (Å²) in [5.74, 6) is -5.32. The standard InChI is InChI=1S/C31H39ClN4O9/c1-16(2)25(35-29(41)24(34-19(5)38)14-20-10-12-22(39)13-11-20)30(42)33-17(3)28(40)36-26(18(4)37)27(31(43)44)45-15-21-8-6-7-9-23(21)32/h6-13,16-17,24-27,39H,14-15H2,1-5H3,(H,33,42)(H,34,38)(H,35,41)(H,36,40)(H,43,44)/t17-,24-,25-,26+,27-/m0/s1. The highest BCUT2D eigenvalue weighted by Gasteiger charge is 2.36. The highest BCUT2D eigenvalue weighted by atomic mass is 35.5. The number of hydrogen-bond donors (Lipinski definition) is 6. The van der Waals surface area contributed by atoms with Gasteiger partial charge in [0.05, 0.1) is 6.61 Å². The second kappa shape index (κ2) is 17.1. The molecule has 5 atom stereocenters. The summed E-state index contributed by atoms with van der Waals surface area (Å²) in [4.78, 5) is 75.6. The van der Waals surface area contributed by atoms with Gasteiger partial charge in [-0.1, -0.05) is 55.8 Å². The third-order valence-electron chi connectivity index (χ3n) is 6.73. The molecule has 4 amide bonds. The predicted octanol–water partition coefficient (Wildman–Crippen LogP) is 1.48. The van der Waals surface area contributed by atoms with Crippen LogP contribution in [0.25, 0.3) is 0 Å². The van der Waals surface area contributed by atoms with Gasteiger partial charge in [-0.25, -0.2) is 4.79 Å². The molecule has 13 nitrogen and oxygen atoms in total. The monoisotopic (exact) mass is 646 g/mol. The van der Waals surface area contributed by atoms with Gasteiger partial charge in [0.25, 0.3) is 0 Å². The summed E-state index contributed by atoms with van der Waals surface area (Å²) in [6, 6.07) is 7.63. The van der Waals surface area contributed by atoms with Gasteiger partial charge >= 0.3 is 5.97 Å². The fourth-order valence-electron chi connectivity index (χ4n) is 4.25. The summed E-state index contributed by atoms with van der Waals surface area (Å²) in [6.07, 6.45) is -1.68. The number of Topliss-reactive ketones (excluding diaryl/α,β-unsaturated/α-hetero) is 1. The highest BCUT2D eigenvalue weighted by molar-refractivity contribution is 6.31. The number of carboxylic acids is 1. The minimum atomic E-state index is -1.76. The van der Waals surface area contributed by atoms with E-state index in [1.165, 1.54) is 26.0 Å². The molecule has 0 bridgehead atoms. The molecule has 0 spiro atoms. The Morgan fingerprint density at radius 3 is 1.93 bits per heavy atom. The summed E-state index contributed by atoms with van der Waals surface area (Å²) < 4.78 is 5.47. The summed E-state index contributed by atoms with van der Waals surface area (Å²) in [5, 5.41) is 29.6. The van der Waals surface area contributed by atoms with Crippen LogP contribution in [0.4, 0.5) is 0 Å². The van der Waals surface area contributed by atoms with Gasteiger partial charge in [-0.05, 0) is 49.1 Å². The fourth-order valence-corrected chi connectivity index (χ4v) is 4.44. The zero-order valence-electron chi connectivity index (χ0n) is 25.6. The van der Waals surface area contributed by atoms with E-state index in [0.29, 0.717) is 16.1 Å². The topological polar surface area (TPSA) is 200 Å². The molecule has 0 saturated carbocycles. The number of carbonyl (C=O) groups excluding carboxylic acids is 5. The Kier molecular flexibility index (Phi) is 14.0. The molecule has 0 aliphatic carbocycles. The van der Waals surface area contributed by atoms with Crippen LogP contribution in [0.3, 0.4) is 0 Å². The molecule has 14 heteroatoms. The number of hydrogen-bond acceptors (Lipinski definition) is 8. The molecule has 0 fully saturated rings. The van der Waals surface area contributed by atoms with Gasteiger partial charge in [-0.3, -0.25) is 24.0 Å². The fraction of sp³-hybridized carbons (Fsp3) is 0.419. The van der Waals surface area contributed by atoms with Gasteiger partial charge in [0.15, 0.2) is 11.9 Å². The number of aliphatic carboxylic acids is 1. The number of ether oxygens (including phenoxy) is 1. The number of carboxylic acid groups (broad SMARTS) is 1. The number of halogens is 1. The molecular formula is C31H39ClN4O9. The number of ketones is 1. The van der Waals surface area contributed by atoms with E-state index in [4.69, 9.17) is 16.3 Å². The van der Waals surface area contributed by atoms with Crippen molar-refractivity contribution < 1.29 is 43.7 Å². The molecule has 2 aromatic carbocycles. The van der Waals surface area contributed by atoms with Crippen molar-refractivity contribution in [1.29, 1.82) is 0 Å². The Bertz CT molecular complexity index is 1380. The zero-order chi connectivity index (χ0) is 33.8. The minimum Gasteiger partial charge on any atom is -0.508 e. The lowest BCUT2D eigenvalue weighted by molar-refractivity contribution is -0.156. The van der Waals surface area contributed by atoms with Crippen LogP contribution in [0.1, 0.15) is 45.7 Å². The largest absolute Gasteiger partial charge is 0.508 e. The van der Waals surface area contributed by atoms with E-state index < -0.39 is 71.6 Å². The molecular weight excluding hydrogens is 608 g/mol. The van der Waals surface area contributed by atoms with Crippen LogP contribution in [0, 0.1) is 5.92 Å². The molecule has 0 unspecified atom stereocenters. The SMILES string of the molecule is CC(=O)N[C@@H](Cc1ccc(O)cc1)C(=O)N[C@H](C(=O)N[C@@H](C)C(=O)N[C@H](C(C)=O)[C@H](OCc1ccccc1Cl)C(=O)O)C(C)C. The van der Waals surface area contributed by atoms with Crippen molar-refractivity contribution in [3.05, 3.63) is 64.7 Å². The first kappa shape index (κ1) is 36.7. The van der Waals surface area contributed by atoms with Gasteiger partial charge in [-0.15, -0.1) is 0 Å². The maximum Gasteiger partial charge on any atom is 0.335 e. The Morgan fingerprint density at radius 1 is 0.800 bits per heavy atom. The Morgan fingerprint density at radius 2 is 1.40 bits per heavy atom. The van der Waals surface area contributed by atoms with E-state index >= 15 is 0 Å². The van der Waals surface area contributed by atoms with Crippen LogP contribution in [-0.2, 0) is 46.5 Å². The van der Waals surface area contributed by atoms with E-state index in [2.05, 4.69) is 21.3 Å². The molecule has 6 N–H and O–H groups in total. The minimum absolute atomic E-state index is 0.0340. The Hall–Kier alpha value is -4.49. The van der Waals surface area contributed by atoms with Crippen LogP contribution in [0.15, 0.2) is 48.5 Å². The first-order valence-electron chi connectivity index (χ1n) is 14.1. The summed E-state index contributed by atoms with van der Waals surface area (Å²) >= 11 is 6.11. The maximum atomic E-state index is 13.2. The van der Waals surface area contributed by atoms with Crippen LogP contribution in [0.5, 0.6) is 5.75 Å². The molecule has 2 aromatic rings. The van der Waals surface area contributed by atoms with E-state index in [1.54, 1.807) is 50.2 Å². The number of rotatable bonds is 16. The lowest BCUT2D eigenvalue weighted by atomic mass is 10.0. The lowest BCUT2D eigenvalue weighted by Crippen LogP contribution is -2.60. The third kappa shape index (κ3) is 11.5. The van der Waals surface area contributed by atoms with Crippen LogP contribution in [0.2, 0.25) is 5.02 Å². The number of phenols is 1. The van der Waals surface area contributed by atoms with Crippen LogP contribution < -0.4 is 21.3 Å². The van der Waals surface area contributed by atoms with E-state index in [-0.39, 0.29) is 18.8 Å². The molecule has 0 aromatic heterocycles. The molecule has 0 aliphatic rings. The number of phenolic OH excluding ortho intramolecular Hbond substituents is 1. The highest BCUT2D eigenvalue weighted by Crippen LogP contribution is 2.18. The molecule has 0 saturated heterocycles. The number of nitrogens with one attached hydrogen (secondary N) is 4. The lowest BCUT2D eigenvalue weighted by Gasteiger charge is -2.28. The molecule has 2 rings (SSSR count). The van der Waals surface area contributed by atoms with Gasteiger partial charge in [-0.2, -0.15) is 0 Å². The van der Waals surface area contributed by atoms with Crippen molar-refractivity contribution in [1.82, 2.24) is 21.3 Å². The van der Waals surface area contributed by atoms with Crippen molar-refractivity contribution in [2.75, 3.05) is 0 Å². The normalized spacial score (nSPS) is 14.3. The van der Waals surface area contributed by atoms with E-state index in [0.717, 1.165) is 6.92 Å². The Labute approximate surface area is 266 Å². The van der Waals surface area contributed by atoms with Crippen molar-refractivity contribution in [3.8, 4) is 5.75 Å². The van der Waals surface area contributed by atoms with E-state index in [1.807, 2.05) is 0 Å². The van der Waals surface area contributed by atoms with Gasteiger partial charge in [0, 0.05) is 18.4 Å². The maximum absolute atomic E-state index is 13.2. The first-order valence-corrected chi connectivity index (χ1v) is 14.5. The van der Waals surface area contributed by atoms with Crippen molar-refractivity contribution in [2.45, 2.75) is 77.9 Å². The third-order valence-corrected chi connectivity index (χ3v) is 7.10. The van der Waals surface area contributed by atoms with E-state index in [9.17, 15) is 39.0 Å². The molecule has 45 heavy (non-hydrogen) atoms. The average molecular weight is 647 g/mol. The molecule has 0 radical (unpaired) electrons. The zero-order valence-corrected chi connectivity index (χ0v) is 26.4. The van der Waals surface area contributed by atoms with Crippen LogP contribution >= 0.6 is 11.6 Å². The second-order valence-corrected chi connectivity index (χ2v) is 11.2. The van der Waals surface area contributed by atoms with Gasteiger partial charge in [0.1, 0.15) is 29.9 Å². The quantitative estimate of drug-likeness (QED) is 0.156. The summed E-state index contributed by atoms with van der Waals surface area (Å²) in [6.45, 7) is 6.76. The number of benzene rings is 2. The van der Waals surface area contributed by atoms with Crippen molar-refractivity contribution in [2.24, 2.45) is 5.92 Å².